The highest BCUT2D eigenvalue weighted by molar-refractivity contribution is 6.07. The van der Waals surface area contributed by atoms with Gasteiger partial charge in [-0.1, -0.05) is 25.1 Å². The van der Waals surface area contributed by atoms with Gasteiger partial charge >= 0.3 is 11.9 Å². The van der Waals surface area contributed by atoms with E-state index in [4.69, 9.17) is 0 Å². The van der Waals surface area contributed by atoms with Crippen molar-refractivity contribution in [3.63, 3.8) is 0 Å². The molecule has 0 spiro atoms. The minimum absolute atomic E-state index is 0.0957. The number of aromatic amines is 1. The Morgan fingerprint density at radius 1 is 1.30 bits per heavy atom. The van der Waals surface area contributed by atoms with E-state index in [1.807, 2.05) is 28.8 Å². The van der Waals surface area contributed by atoms with Crippen molar-refractivity contribution in [3.05, 3.63) is 35.5 Å². The van der Waals surface area contributed by atoms with Gasteiger partial charge < -0.3 is 15.2 Å². The van der Waals surface area contributed by atoms with Crippen molar-refractivity contribution in [2.24, 2.45) is 5.41 Å². The number of hydrogen-bond acceptors (Lipinski definition) is 2. The Bertz CT molecular complexity index is 958. The Morgan fingerprint density at radius 3 is 2.78 bits per heavy atom. The van der Waals surface area contributed by atoms with E-state index in [2.05, 4.69) is 11.9 Å². The smallest absolute Gasteiger partial charge is 0.373 e. The van der Waals surface area contributed by atoms with E-state index >= 15 is 0 Å². The maximum absolute atomic E-state index is 12.1. The minimum Gasteiger partial charge on any atom is -0.481 e. The van der Waals surface area contributed by atoms with Crippen LogP contribution in [0.2, 0.25) is 0 Å². The lowest BCUT2D eigenvalue weighted by Gasteiger charge is -2.38. The zero-order valence-electron chi connectivity index (χ0n) is 15.5. The third kappa shape index (κ3) is 2.74. The van der Waals surface area contributed by atoms with Crippen LogP contribution < -0.4 is 0 Å². The number of nitrogens with zero attached hydrogens (tertiary/aromatic N) is 1. The van der Waals surface area contributed by atoms with Crippen LogP contribution in [0.15, 0.2) is 24.3 Å². The topological polar surface area (TPSA) is 93.4 Å². The summed E-state index contributed by atoms with van der Waals surface area (Å²) in [6.07, 6.45) is 3.68. The van der Waals surface area contributed by atoms with Gasteiger partial charge in [0.25, 0.3) is 6.04 Å². The third-order valence-corrected chi connectivity index (χ3v) is 6.45. The molecule has 0 fully saturated rings. The molecule has 6 nitrogen and oxygen atoms in total. The number of para-hydroxylation sites is 1. The van der Waals surface area contributed by atoms with Crippen LogP contribution in [0.25, 0.3) is 10.9 Å². The van der Waals surface area contributed by atoms with Gasteiger partial charge in [-0.05, 0) is 30.9 Å². The number of carboxylic acid groups (broad SMARTS) is 2. The lowest BCUT2D eigenvalue weighted by atomic mass is 9.68. The molecule has 6 heteroatoms. The van der Waals surface area contributed by atoms with Crippen LogP contribution in [0.1, 0.15) is 50.3 Å². The van der Waals surface area contributed by atoms with Crippen molar-refractivity contribution in [1.82, 2.24) is 4.98 Å². The number of carbonyl (C=O) groups is 2. The molecular weight excluding hydrogens is 344 g/mol. The zero-order valence-corrected chi connectivity index (χ0v) is 15.5. The minimum atomic E-state index is -0.812. The molecule has 0 saturated heterocycles. The van der Waals surface area contributed by atoms with Gasteiger partial charge in [-0.3, -0.25) is 4.79 Å². The lowest BCUT2D eigenvalue weighted by Crippen LogP contribution is -2.52. The first-order valence-electron chi connectivity index (χ1n) is 9.65. The second kappa shape index (κ2) is 6.51. The van der Waals surface area contributed by atoms with Crippen LogP contribution in [-0.4, -0.2) is 50.0 Å². The highest BCUT2D eigenvalue weighted by Crippen LogP contribution is 2.44. The van der Waals surface area contributed by atoms with Gasteiger partial charge in [0.05, 0.1) is 5.41 Å². The molecule has 0 aliphatic carbocycles. The van der Waals surface area contributed by atoms with Crippen molar-refractivity contribution in [3.8, 4) is 0 Å². The number of nitrogens with one attached hydrogen (secondary N) is 1. The van der Waals surface area contributed by atoms with Crippen LogP contribution in [0, 0.1) is 5.41 Å². The number of rotatable bonds is 5. The fourth-order valence-electron chi connectivity index (χ4n) is 5.09. The standard InChI is InChI=1S/C21H24N2O4/c1-2-21(10-8-17(24)25)9-5-11-23-16(20(26)27)12-14-13-6-3-4-7-15(13)22-18(14)19(21)23/h3-4,6-7,16H,2,5,8-12H2,1H3,(H2,24,25,26,27)/p+1. The molecule has 2 aliphatic rings. The van der Waals surface area contributed by atoms with Crippen LogP contribution in [0.5, 0.6) is 0 Å². The molecule has 2 aliphatic heterocycles. The number of carboxylic acids is 2. The predicted octanol–water partition coefficient (Wildman–Crippen LogP) is 3.03. The first-order chi connectivity index (χ1) is 13.0. The van der Waals surface area contributed by atoms with Crippen molar-refractivity contribution in [2.45, 2.75) is 51.5 Å². The zero-order chi connectivity index (χ0) is 19.2. The Hall–Kier alpha value is -2.63. The molecule has 27 heavy (non-hydrogen) atoms. The van der Waals surface area contributed by atoms with E-state index in [1.165, 1.54) is 0 Å². The van der Waals surface area contributed by atoms with E-state index in [0.29, 0.717) is 19.4 Å². The summed E-state index contributed by atoms with van der Waals surface area (Å²) >= 11 is 0. The molecule has 3 heterocycles. The Kier molecular flexibility index (Phi) is 4.29. The largest absolute Gasteiger partial charge is 0.481 e. The fraction of sp³-hybridized carbons (Fsp3) is 0.476. The second-order valence-electron chi connectivity index (χ2n) is 7.76. The molecule has 0 radical (unpaired) electrons. The second-order valence-corrected chi connectivity index (χ2v) is 7.76. The van der Waals surface area contributed by atoms with E-state index in [1.54, 1.807) is 0 Å². The van der Waals surface area contributed by atoms with E-state index in [-0.39, 0.29) is 11.8 Å². The maximum atomic E-state index is 12.1. The van der Waals surface area contributed by atoms with Gasteiger partial charge in [-0.25, -0.2) is 9.37 Å². The fourth-order valence-corrected chi connectivity index (χ4v) is 5.09. The Labute approximate surface area is 157 Å². The average Bonchev–Trinajstić information content (AvgIpc) is 3.03. The summed E-state index contributed by atoms with van der Waals surface area (Å²) in [6.45, 7) is 2.79. The average molecular weight is 369 g/mol. The normalized spacial score (nSPS) is 24.6. The highest BCUT2D eigenvalue weighted by Gasteiger charge is 2.51. The van der Waals surface area contributed by atoms with Gasteiger partial charge in [-0.15, -0.1) is 0 Å². The van der Waals surface area contributed by atoms with Gasteiger partial charge in [0, 0.05) is 30.2 Å². The Balaban J connectivity index is 1.96. The summed E-state index contributed by atoms with van der Waals surface area (Å²) in [5.41, 5.74) is 3.79. The van der Waals surface area contributed by atoms with Crippen LogP contribution >= 0.6 is 0 Å². The summed E-state index contributed by atoms with van der Waals surface area (Å²) < 4.78 is 2.04. The molecule has 2 unspecified atom stereocenters. The first-order valence-corrected chi connectivity index (χ1v) is 9.65. The molecule has 1 aromatic carbocycles. The quantitative estimate of drug-likeness (QED) is 0.706. The lowest BCUT2D eigenvalue weighted by molar-refractivity contribution is -0.564. The molecule has 3 N–H and O–H groups in total. The number of aliphatic carboxylic acids is 2. The number of hydrogen-bond donors (Lipinski definition) is 3. The molecule has 142 valence electrons. The summed E-state index contributed by atoms with van der Waals surface area (Å²) in [5.74, 6) is -1.61. The third-order valence-electron chi connectivity index (χ3n) is 6.45. The predicted molar refractivity (Wildman–Crippen MR) is 101 cm³/mol. The molecule has 0 saturated carbocycles. The maximum Gasteiger partial charge on any atom is 0.373 e. The van der Waals surface area contributed by atoms with Gasteiger partial charge in [0.1, 0.15) is 12.2 Å². The molecular formula is C21H25N2O4+. The number of H-pyrrole nitrogens is 1. The molecule has 0 amide bonds. The molecule has 0 bridgehead atoms. The summed E-state index contributed by atoms with van der Waals surface area (Å²) in [6, 6.07) is 7.40. The number of aromatic nitrogens is 1. The molecule has 4 rings (SSSR count). The van der Waals surface area contributed by atoms with E-state index in [0.717, 1.165) is 47.1 Å². The summed E-state index contributed by atoms with van der Waals surface area (Å²) in [7, 11) is 0. The van der Waals surface area contributed by atoms with Gasteiger partial charge in [0.2, 0.25) is 5.71 Å². The summed E-state index contributed by atoms with van der Waals surface area (Å²) in [4.78, 5) is 26.9. The monoisotopic (exact) mass is 369 g/mol. The molecule has 1 aromatic heterocycles. The van der Waals surface area contributed by atoms with E-state index in [9.17, 15) is 19.8 Å². The van der Waals surface area contributed by atoms with Crippen molar-refractivity contribution in [1.29, 1.82) is 0 Å². The SMILES string of the molecule is CCC1(CCC(=O)O)CCC[N+]2=C1c1[nH]c3ccccc3c1CC2C(=O)O. The Morgan fingerprint density at radius 2 is 2.07 bits per heavy atom. The van der Waals surface area contributed by atoms with Crippen LogP contribution in [0.4, 0.5) is 0 Å². The first kappa shape index (κ1) is 17.8. The van der Waals surface area contributed by atoms with Crippen LogP contribution in [-0.2, 0) is 16.0 Å². The van der Waals surface area contributed by atoms with E-state index < -0.39 is 18.0 Å². The van der Waals surface area contributed by atoms with Crippen molar-refractivity contribution in [2.75, 3.05) is 6.54 Å². The number of benzene rings is 1. The molecule has 2 aromatic rings. The van der Waals surface area contributed by atoms with Crippen molar-refractivity contribution < 1.29 is 24.4 Å². The highest BCUT2D eigenvalue weighted by atomic mass is 16.4. The van der Waals surface area contributed by atoms with Crippen LogP contribution in [0.3, 0.4) is 0 Å². The number of fused-ring (bicyclic) bond motifs is 4. The van der Waals surface area contributed by atoms with Crippen molar-refractivity contribution >= 4 is 28.6 Å². The summed E-state index contributed by atoms with van der Waals surface area (Å²) in [5, 5.41) is 20.3. The molecule has 2 atom stereocenters. The van der Waals surface area contributed by atoms with Gasteiger partial charge in [-0.2, -0.15) is 0 Å². The van der Waals surface area contributed by atoms with Gasteiger partial charge in [0.15, 0.2) is 0 Å².